The van der Waals surface area contributed by atoms with E-state index in [1.807, 2.05) is 0 Å². The van der Waals surface area contributed by atoms with Gasteiger partial charge in [-0.1, -0.05) is 64.7 Å². The summed E-state index contributed by atoms with van der Waals surface area (Å²) in [4.78, 5) is 11.0. The highest BCUT2D eigenvalue weighted by Gasteiger charge is 2.17. The summed E-state index contributed by atoms with van der Waals surface area (Å²) in [7, 11) is 0. The summed E-state index contributed by atoms with van der Waals surface area (Å²) in [6, 6.07) is 0. The number of hydroxylamine groups is 1. The fraction of sp³-hybridized carbons (Fsp3) is 0.750. The zero-order valence-electron chi connectivity index (χ0n) is 12.2. The van der Waals surface area contributed by atoms with Gasteiger partial charge in [-0.05, 0) is 6.42 Å². The smallest absolute Gasteiger partial charge is 0.249 e. The summed E-state index contributed by atoms with van der Waals surface area (Å²) in [6.45, 7) is 2.24. The minimum Gasteiger partial charge on any atom is -0.618 e. The number of hydrogen-bond donors (Lipinski definition) is 0. The fourth-order valence-corrected chi connectivity index (χ4v) is 2.44. The molecule has 0 radical (unpaired) electrons. The Morgan fingerprint density at radius 3 is 1.95 bits per heavy atom. The van der Waals surface area contributed by atoms with Gasteiger partial charge in [0, 0.05) is 6.42 Å². The SMILES string of the molecule is CCCCCCCCCCCCC1=CC(=O)C=[N+]1[O-]. The van der Waals surface area contributed by atoms with Crippen LogP contribution >= 0.6 is 0 Å². The topological polar surface area (TPSA) is 43.1 Å². The second-order valence-corrected chi connectivity index (χ2v) is 5.42. The van der Waals surface area contributed by atoms with Crippen LogP contribution in [0, 0.1) is 5.21 Å². The lowest BCUT2D eigenvalue weighted by molar-refractivity contribution is -0.395. The zero-order valence-corrected chi connectivity index (χ0v) is 12.2. The Balaban J connectivity index is 1.88. The molecule has 3 heteroatoms. The van der Waals surface area contributed by atoms with Crippen molar-refractivity contribution in [1.29, 1.82) is 0 Å². The van der Waals surface area contributed by atoms with Gasteiger partial charge in [0.25, 0.3) is 0 Å². The van der Waals surface area contributed by atoms with Gasteiger partial charge in [-0.25, -0.2) is 0 Å². The summed E-state index contributed by atoms with van der Waals surface area (Å²) in [5, 5.41) is 11.2. The van der Waals surface area contributed by atoms with Crippen LogP contribution in [0.4, 0.5) is 0 Å². The molecule has 0 N–H and O–H groups in total. The molecule has 0 bridgehead atoms. The molecule has 0 amide bonds. The predicted molar refractivity (Wildman–Crippen MR) is 79.2 cm³/mol. The van der Waals surface area contributed by atoms with Crippen molar-refractivity contribution < 1.29 is 9.53 Å². The fourth-order valence-electron chi connectivity index (χ4n) is 2.44. The van der Waals surface area contributed by atoms with Gasteiger partial charge in [0.2, 0.25) is 12.0 Å². The van der Waals surface area contributed by atoms with E-state index in [9.17, 15) is 10.0 Å². The molecule has 1 heterocycles. The Labute approximate surface area is 117 Å². The molecule has 1 aliphatic heterocycles. The lowest BCUT2D eigenvalue weighted by Gasteiger charge is -2.03. The molecule has 0 atom stereocenters. The molecule has 0 saturated heterocycles. The predicted octanol–water partition coefficient (Wildman–Crippen LogP) is 4.35. The molecule has 108 valence electrons. The monoisotopic (exact) mass is 265 g/mol. The summed E-state index contributed by atoms with van der Waals surface area (Å²) in [5.74, 6) is -0.169. The number of nitrogens with zero attached hydrogens (tertiary/aromatic N) is 1. The zero-order chi connectivity index (χ0) is 13.9. The van der Waals surface area contributed by atoms with E-state index >= 15 is 0 Å². The maximum absolute atomic E-state index is 11.2. The molecule has 1 aliphatic rings. The van der Waals surface area contributed by atoms with Crippen LogP contribution < -0.4 is 0 Å². The Morgan fingerprint density at radius 1 is 0.947 bits per heavy atom. The molecule has 0 unspecified atom stereocenters. The Bertz CT molecular complexity index is 332. The second-order valence-electron chi connectivity index (χ2n) is 5.42. The highest BCUT2D eigenvalue weighted by molar-refractivity contribution is 6.32. The first-order valence-electron chi connectivity index (χ1n) is 7.80. The molecular formula is C16H27NO2. The van der Waals surface area contributed by atoms with E-state index in [1.54, 1.807) is 0 Å². The molecule has 1 rings (SSSR count). The Hall–Kier alpha value is -1.12. The first kappa shape index (κ1) is 15.9. The van der Waals surface area contributed by atoms with Crippen LogP contribution in [0.2, 0.25) is 0 Å². The van der Waals surface area contributed by atoms with Gasteiger partial charge in [0.05, 0.1) is 6.08 Å². The molecule has 0 aromatic heterocycles. The van der Waals surface area contributed by atoms with E-state index in [4.69, 9.17) is 0 Å². The second kappa shape index (κ2) is 9.76. The molecular weight excluding hydrogens is 238 g/mol. The van der Waals surface area contributed by atoms with E-state index in [1.165, 1.54) is 57.4 Å². The average Bonchev–Trinajstić information content (AvgIpc) is 2.70. The first-order chi connectivity index (χ1) is 9.24. The number of carbonyl (C=O) groups excluding carboxylic acids is 1. The van der Waals surface area contributed by atoms with Crippen molar-refractivity contribution in [3.63, 3.8) is 0 Å². The number of carbonyl (C=O) groups is 1. The van der Waals surface area contributed by atoms with Crippen LogP contribution in [0.3, 0.4) is 0 Å². The quantitative estimate of drug-likeness (QED) is 0.317. The van der Waals surface area contributed by atoms with Crippen molar-refractivity contribution in [2.45, 2.75) is 77.6 Å². The van der Waals surface area contributed by atoms with Crippen molar-refractivity contribution in [3.8, 4) is 0 Å². The summed E-state index contributed by atoms with van der Waals surface area (Å²) >= 11 is 0. The van der Waals surface area contributed by atoms with Crippen LogP contribution in [0.5, 0.6) is 0 Å². The Morgan fingerprint density at radius 2 is 1.47 bits per heavy atom. The maximum Gasteiger partial charge on any atom is 0.249 e. The van der Waals surface area contributed by atoms with Crippen molar-refractivity contribution in [3.05, 3.63) is 17.0 Å². The summed E-state index contributed by atoms with van der Waals surface area (Å²) in [6.07, 6.45) is 16.2. The average molecular weight is 265 g/mol. The van der Waals surface area contributed by atoms with Gasteiger partial charge in [-0.15, -0.1) is 0 Å². The standard InChI is InChI=1S/C16H27NO2/c1-2-3-4-5-6-7-8-9-10-11-12-15-13-16(18)14-17(15)19/h13-14H,2-12H2,1H3. The van der Waals surface area contributed by atoms with Crippen LogP contribution in [0.25, 0.3) is 0 Å². The van der Waals surface area contributed by atoms with E-state index < -0.39 is 0 Å². The van der Waals surface area contributed by atoms with Gasteiger partial charge < -0.3 is 5.21 Å². The first-order valence-corrected chi connectivity index (χ1v) is 7.80. The lowest BCUT2D eigenvalue weighted by atomic mass is 10.1. The van der Waals surface area contributed by atoms with Crippen molar-refractivity contribution in [1.82, 2.24) is 0 Å². The number of hydrogen-bond acceptors (Lipinski definition) is 2. The van der Waals surface area contributed by atoms with Crippen molar-refractivity contribution in [2.24, 2.45) is 0 Å². The van der Waals surface area contributed by atoms with Crippen molar-refractivity contribution >= 4 is 12.0 Å². The summed E-state index contributed by atoms with van der Waals surface area (Å²) in [5.41, 5.74) is 0.629. The number of rotatable bonds is 11. The molecule has 0 fully saturated rings. The van der Waals surface area contributed by atoms with E-state index in [-0.39, 0.29) is 5.78 Å². The molecule has 19 heavy (non-hydrogen) atoms. The normalized spacial score (nSPS) is 14.7. The maximum atomic E-state index is 11.2. The number of ketones is 1. The highest BCUT2D eigenvalue weighted by atomic mass is 16.5. The lowest BCUT2D eigenvalue weighted by Crippen LogP contribution is -2.00. The van der Waals surface area contributed by atoms with Crippen LogP contribution in [-0.4, -0.2) is 16.7 Å². The van der Waals surface area contributed by atoms with E-state index in [0.717, 1.165) is 30.2 Å². The van der Waals surface area contributed by atoms with Gasteiger partial charge in [-0.3, -0.25) is 4.79 Å². The van der Waals surface area contributed by atoms with Crippen LogP contribution in [0.15, 0.2) is 11.8 Å². The summed E-state index contributed by atoms with van der Waals surface area (Å²) < 4.78 is 0.718. The third-order valence-corrected chi connectivity index (χ3v) is 3.62. The minimum atomic E-state index is -0.169. The van der Waals surface area contributed by atoms with Crippen LogP contribution in [0.1, 0.15) is 77.6 Å². The van der Waals surface area contributed by atoms with E-state index in [2.05, 4.69) is 6.92 Å². The van der Waals surface area contributed by atoms with E-state index in [0.29, 0.717) is 5.70 Å². The third-order valence-electron chi connectivity index (χ3n) is 3.62. The minimum absolute atomic E-state index is 0.169. The third kappa shape index (κ3) is 7.14. The molecule has 0 aromatic rings. The van der Waals surface area contributed by atoms with Crippen molar-refractivity contribution in [2.75, 3.05) is 0 Å². The molecule has 0 aromatic carbocycles. The molecule has 0 spiro atoms. The molecule has 0 aliphatic carbocycles. The van der Waals surface area contributed by atoms with Gasteiger partial charge in [0.15, 0.2) is 5.70 Å². The Kier molecular flexibility index (Phi) is 8.19. The van der Waals surface area contributed by atoms with Gasteiger partial charge in [0.1, 0.15) is 0 Å². The number of unbranched alkanes of at least 4 members (excludes halogenated alkanes) is 9. The molecule has 3 nitrogen and oxygen atoms in total. The molecule has 0 saturated carbocycles. The van der Waals surface area contributed by atoms with Gasteiger partial charge in [-0.2, -0.15) is 4.74 Å². The highest BCUT2D eigenvalue weighted by Crippen LogP contribution is 2.15. The largest absolute Gasteiger partial charge is 0.618 e. The number of allylic oxidation sites excluding steroid dienone is 2. The van der Waals surface area contributed by atoms with Gasteiger partial charge >= 0.3 is 0 Å². The van der Waals surface area contributed by atoms with Crippen LogP contribution in [-0.2, 0) is 4.79 Å².